The van der Waals surface area contributed by atoms with Crippen molar-refractivity contribution >= 4 is 0 Å². The van der Waals surface area contributed by atoms with Gasteiger partial charge in [-0.05, 0) is 85.9 Å². The van der Waals surface area contributed by atoms with Crippen molar-refractivity contribution in [3.8, 4) is 0 Å². The summed E-state index contributed by atoms with van der Waals surface area (Å²) in [6.07, 6.45) is 7.88. The van der Waals surface area contributed by atoms with E-state index in [9.17, 15) is 23.4 Å². The zero-order chi connectivity index (χ0) is 23.5. The summed E-state index contributed by atoms with van der Waals surface area (Å²) in [5, 5.41) is 20.3. The molecule has 0 aromatic rings. The molecule has 0 unspecified atom stereocenters. The predicted octanol–water partition coefficient (Wildman–Crippen LogP) is 6.74. The summed E-state index contributed by atoms with van der Waals surface area (Å²) < 4.78 is 38.1. The second-order valence-electron chi connectivity index (χ2n) is 11.5. The normalized spacial score (nSPS) is 43.7. The lowest BCUT2D eigenvalue weighted by Gasteiger charge is -2.59. The lowest BCUT2D eigenvalue weighted by atomic mass is 9.46. The third-order valence-electron chi connectivity index (χ3n) is 9.96. The minimum absolute atomic E-state index is 0.00857. The highest BCUT2D eigenvalue weighted by Crippen LogP contribution is 2.66. The van der Waals surface area contributed by atoms with Crippen molar-refractivity contribution in [3.05, 3.63) is 35.5 Å². The van der Waals surface area contributed by atoms with Crippen LogP contribution in [0.25, 0.3) is 0 Å². The fourth-order valence-corrected chi connectivity index (χ4v) is 7.81. The molecule has 5 heteroatoms. The predicted molar refractivity (Wildman–Crippen MR) is 121 cm³/mol. The average Bonchev–Trinajstić information content (AvgIpc) is 3.09. The smallest absolute Gasteiger partial charge is 0.390 e. The molecule has 2 N–H and O–H groups in total. The molecule has 4 aliphatic carbocycles. The number of hydrogen-bond donors (Lipinski definition) is 2. The minimum atomic E-state index is -4.61. The van der Waals surface area contributed by atoms with Gasteiger partial charge in [0, 0.05) is 0 Å². The number of halogens is 3. The molecule has 0 heterocycles. The van der Waals surface area contributed by atoms with E-state index in [0.29, 0.717) is 17.8 Å². The molecule has 2 nitrogen and oxygen atoms in total. The third-order valence-corrected chi connectivity index (χ3v) is 9.96. The van der Waals surface area contributed by atoms with Gasteiger partial charge in [0.15, 0.2) is 6.10 Å². The maximum absolute atomic E-state index is 12.7. The van der Waals surface area contributed by atoms with Gasteiger partial charge in [-0.2, -0.15) is 13.2 Å². The van der Waals surface area contributed by atoms with Gasteiger partial charge >= 0.3 is 6.18 Å². The van der Waals surface area contributed by atoms with Gasteiger partial charge in [-0.25, -0.2) is 0 Å². The largest absolute Gasteiger partial charge is 0.417 e. The molecule has 0 spiro atoms. The standard InChI is InChI=1S/C27H39F3O2/c1-5-26(32)15-14-24(3)18(16-26)7-8-19-21-10-9-20(25(21,4)13-12-22(19)24)17(2)6-11-23(31)27(28,29)30/h6-7,9,11,17,19,21-23,31-32H,5,8,10,12-16H2,1-4H3/b11-6+/t17-,19+,21+,22+,23+,24+,25-,26+/m1/s1. The molecule has 8 atom stereocenters. The van der Waals surface area contributed by atoms with Crippen molar-refractivity contribution in [1.29, 1.82) is 0 Å². The monoisotopic (exact) mass is 452 g/mol. The van der Waals surface area contributed by atoms with Crippen molar-refractivity contribution in [2.75, 3.05) is 0 Å². The van der Waals surface area contributed by atoms with Crippen LogP contribution in [0.2, 0.25) is 0 Å². The number of fused-ring (bicyclic) bond motifs is 5. The Balaban J connectivity index is 1.53. The fraction of sp³-hybridized carbons (Fsp3) is 0.778. The number of aliphatic hydroxyl groups is 2. The van der Waals surface area contributed by atoms with Gasteiger partial charge in [0.25, 0.3) is 0 Å². The number of alkyl halides is 3. The van der Waals surface area contributed by atoms with E-state index >= 15 is 0 Å². The Bertz CT molecular complexity index is 827. The number of allylic oxidation sites excluding steroid dienone is 4. The SMILES string of the molecule is CC[C@]1(O)CC[C@@]2(C)C(=CC[C@@H]3[C@@H]2CC[C@]2(C)C([C@H](C)/C=C/[C@H](O)C(F)(F)F)=CC[C@@H]32)C1. The first kappa shape index (κ1) is 24.1. The van der Waals surface area contributed by atoms with Gasteiger partial charge < -0.3 is 10.2 Å². The molecule has 4 aliphatic rings. The highest BCUT2D eigenvalue weighted by atomic mass is 19.4. The van der Waals surface area contributed by atoms with Gasteiger partial charge in [0.05, 0.1) is 5.60 Å². The summed E-state index contributed by atoms with van der Waals surface area (Å²) in [7, 11) is 0. The van der Waals surface area contributed by atoms with Crippen LogP contribution in [0, 0.1) is 34.5 Å². The maximum Gasteiger partial charge on any atom is 0.417 e. The summed E-state index contributed by atoms with van der Waals surface area (Å²) in [5.41, 5.74) is 2.33. The van der Waals surface area contributed by atoms with E-state index in [1.165, 1.54) is 17.2 Å². The van der Waals surface area contributed by atoms with Gasteiger partial charge in [-0.15, -0.1) is 0 Å². The topological polar surface area (TPSA) is 40.5 Å². The maximum atomic E-state index is 12.7. The van der Waals surface area contributed by atoms with Crippen molar-refractivity contribution in [2.24, 2.45) is 34.5 Å². The van der Waals surface area contributed by atoms with Crippen LogP contribution in [0.1, 0.15) is 79.1 Å². The highest BCUT2D eigenvalue weighted by Gasteiger charge is 2.57. The molecule has 2 fully saturated rings. The molecule has 0 aromatic carbocycles. The number of aliphatic hydroxyl groups excluding tert-OH is 1. The van der Waals surface area contributed by atoms with Gasteiger partial charge in [-0.1, -0.05) is 63.1 Å². The fourth-order valence-electron chi connectivity index (χ4n) is 7.81. The van der Waals surface area contributed by atoms with E-state index in [0.717, 1.165) is 57.4 Å². The molecule has 0 radical (unpaired) electrons. The van der Waals surface area contributed by atoms with Crippen molar-refractivity contribution in [2.45, 2.75) is 96.9 Å². The van der Waals surface area contributed by atoms with Crippen LogP contribution in [-0.4, -0.2) is 28.1 Å². The Morgan fingerprint density at radius 2 is 1.78 bits per heavy atom. The van der Waals surface area contributed by atoms with Crippen LogP contribution >= 0.6 is 0 Å². The van der Waals surface area contributed by atoms with E-state index in [1.54, 1.807) is 0 Å². The molecule has 0 aromatic heterocycles. The Hall–Kier alpha value is -1.07. The Kier molecular flexibility index (Phi) is 6.02. The van der Waals surface area contributed by atoms with Crippen molar-refractivity contribution in [1.82, 2.24) is 0 Å². The van der Waals surface area contributed by atoms with Crippen LogP contribution in [0.15, 0.2) is 35.5 Å². The molecule has 0 saturated heterocycles. The van der Waals surface area contributed by atoms with E-state index in [4.69, 9.17) is 0 Å². The lowest BCUT2D eigenvalue weighted by molar-refractivity contribution is -0.187. The summed E-state index contributed by atoms with van der Waals surface area (Å²) in [5.74, 6) is 1.60. The van der Waals surface area contributed by atoms with E-state index in [1.807, 2.05) is 6.92 Å². The average molecular weight is 453 g/mol. The second-order valence-corrected chi connectivity index (χ2v) is 11.5. The summed E-state index contributed by atoms with van der Waals surface area (Å²) >= 11 is 0. The number of hydrogen-bond acceptors (Lipinski definition) is 2. The molecule has 180 valence electrons. The van der Waals surface area contributed by atoms with Crippen LogP contribution in [0.5, 0.6) is 0 Å². The summed E-state index contributed by atoms with van der Waals surface area (Å²) in [6, 6.07) is 0. The molecular weight excluding hydrogens is 413 g/mol. The van der Waals surface area contributed by atoms with Gasteiger partial charge in [0.2, 0.25) is 0 Å². The van der Waals surface area contributed by atoms with Gasteiger partial charge in [-0.3, -0.25) is 0 Å². The quantitative estimate of drug-likeness (QED) is 0.464. The molecular formula is C27H39F3O2. The van der Waals surface area contributed by atoms with E-state index in [2.05, 4.69) is 32.9 Å². The Morgan fingerprint density at radius 1 is 1.06 bits per heavy atom. The summed E-state index contributed by atoms with van der Waals surface area (Å²) in [4.78, 5) is 0. The zero-order valence-electron chi connectivity index (χ0n) is 19.9. The molecule has 2 saturated carbocycles. The van der Waals surface area contributed by atoms with Crippen molar-refractivity contribution < 1.29 is 23.4 Å². The molecule has 0 bridgehead atoms. The molecule has 0 amide bonds. The second kappa shape index (κ2) is 8.01. The third kappa shape index (κ3) is 3.81. The first-order valence-electron chi connectivity index (χ1n) is 12.4. The molecule has 4 rings (SSSR count). The minimum Gasteiger partial charge on any atom is -0.390 e. The molecule has 32 heavy (non-hydrogen) atoms. The lowest BCUT2D eigenvalue weighted by Crippen LogP contribution is -2.51. The van der Waals surface area contributed by atoms with Crippen LogP contribution in [0.3, 0.4) is 0 Å². The first-order chi connectivity index (χ1) is 14.8. The zero-order valence-corrected chi connectivity index (χ0v) is 19.9. The van der Waals surface area contributed by atoms with Crippen LogP contribution in [-0.2, 0) is 0 Å². The summed E-state index contributed by atoms with van der Waals surface area (Å²) in [6.45, 7) is 8.77. The van der Waals surface area contributed by atoms with Crippen LogP contribution < -0.4 is 0 Å². The van der Waals surface area contributed by atoms with E-state index in [-0.39, 0.29) is 16.7 Å². The number of rotatable bonds is 4. The Labute approximate surface area is 190 Å². The van der Waals surface area contributed by atoms with Gasteiger partial charge in [0.1, 0.15) is 0 Å². The van der Waals surface area contributed by atoms with E-state index < -0.39 is 17.9 Å². The molecule has 0 aliphatic heterocycles. The highest BCUT2D eigenvalue weighted by molar-refractivity contribution is 5.33. The first-order valence-corrected chi connectivity index (χ1v) is 12.4. The Morgan fingerprint density at radius 3 is 2.44 bits per heavy atom. The van der Waals surface area contributed by atoms with Crippen LogP contribution in [0.4, 0.5) is 13.2 Å². The van der Waals surface area contributed by atoms with Crippen molar-refractivity contribution in [3.63, 3.8) is 0 Å².